The maximum atomic E-state index is 12.5. The van der Waals surface area contributed by atoms with Crippen molar-refractivity contribution in [2.24, 2.45) is 5.92 Å². The van der Waals surface area contributed by atoms with Gasteiger partial charge in [0.2, 0.25) is 0 Å². The van der Waals surface area contributed by atoms with E-state index in [-0.39, 0.29) is 5.91 Å². The van der Waals surface area contributed by atoms with Crippen molar-refractivity contribution in [1.82, 2.24) is 10.2 Å². The normalized spacial score (nSPS) is 15.5. The van der Waals surface area contributed by atoms with Crippen LogP contribution in [0.5, 0.6) is 17.2 Å². The van der Waals surface area contributed by atoms with E-state index < -0.39 is 0 Å². The monoisotopic (exact) mass is 364 g/mol. The molecule has 1 amide bonds. The summed E-state index contributed by atoms with van der Waals surface area (Å²) in [5.74, 6) is 2.23. The maximum absolute atomic E-state index is 12.5. The van der Waals surface area contributed by atoms with Crippen molar-refractivity contribution >= 4 is 5.91 Å². The molecule has 1 heterocycles. The zero-order chi connectivity index (χ0) is 18.9. The minimum Gasteiger partial charge on any atom is -0.496 e. The van der Waals surface area contributed by atoms with Crippen LogP contribution in [-0.2, 0) is 0 Å². The molecule has 2 rings (SSSR count). The molecule has 6 nitrogen and oxygen atoms in total. The molecule has 6 heteroatoms. The van der Waals surface area contributed by atoms with Crippen LogP contribution in [0.1, 0.15) is 43.0 Å². The highest BCUT2D eigenvalue weighted by atomic mass is 16.5. The molecule has 1 aromatic rings. The summed E-state index contributed by atoms with van der Waals surface area (Å²) in [6.45, 7) is 6.50. The van der Waals surface area contributed by atoms with Gasteiger partial charge in [-0.15, -0.1) is 0 Å². The first-order valence-corrected chi connectivity index (χ1v) is 9.39. The van der Waals surface area contributed by atoms with Crippen molar-refractivity contribution in [3.63, 3.8) is 0 Å². The molecule has 1 aliphatic heterocycles. The minimum atomic E-state index is -0.158. The van der Waals surface area contributed by atoms with Gasteiger partial charge < -0.3 is 24.4 Å². The average Bonchev–Trinajstić information content (AvgIpc) is 2.67. The van der Waals surface area contributed by atoms with Crippen molar-refractivity contribution in [2.45, 2.75) is 32.6 Å². The van der Waals surface area contributed by atoms with E-state index >= 15 is 0 Å². The Morgan fingerprint density at radius 1 is 1.04 bits per heavy atom. The highest BCUT2D eigenvalue weighted by Crippen LogP contribution is 2.34. The number of carbonyl (C=O) groups is 1. The number of hydrogen-bond donors (Lipinski definition) is 1. The fourth-order valence-electron chi connectivity index (χ4n) is 3.25. The molecule has 0 atom stereocenters. The number of unbranched alkanes of at least 4 members (excludes halogenated alkanes) is 1. The lowest BCUT2D eigenvalue weighted by Crippen LogP contribution is -2.34. The SMILES string of the molecule is COc1cc(OC)c(C(=O)NCCCCN2CCC(C)CC2)cc1OC. The number of amides is 1. The first-order chi connectivity index (χ1) is 12.6. The van der Waals surface area contributed by atoms with Crippen LogP contribution in [0.2, 0.25) is 0 Å². The van der Waals surface area contributed by atoms with Gasteiger partial charge in [0.15, 0.2) is 11.5 Å². The van der Waals surface area contributed by atoms with Gasteiger partial charge in [-0.3, -0.25) is 4.79 Å². The molecule has 1 saturated heterocycles. The number of likely N-dealkylation sites (tertiary alicyclic amines) is 1. The Morgan fingerprint density at radius 2 is 1.65 bits per heavy atom. The van der Waals surface area contributed by atoms with Crippen LogP contribution in [0.25, 0.3) is 0 Å². The molecule has 0 bridgehead atoms. The second-order valence-corrected chi connectivity index (χ2v) is 6.89. The number of nitrogens with one attached hydrogen (secondary N) is 1. The lowest BCUT2D eigenvalue weighted by atomic mass is 9.99. The lowest BCUT2D eigenvalue weighted by Gasteiger charge is -2.30. The predicted octanol–water partition coefficient (Wildman–Crippen LogP) is 2.95. The highest BCUT2D eigenvalue weighted by molar-refractivity contribution is 5.97. The Labute approximate surface area is 156 Å². The Kier molecular flexibility index (Phi) is 8.04. The summed E-state index contributed by atoms with van der Waals surface area (Å²) in [5.41, 5.74) is 0.454. The first-order valence-electron chi connectivity index (χ1n) is 9.39. The molecule has 0 aromatic heterocycles. The van der Waals surface area contributed by atoms with E-state index in [0.717, 1.165) is 25.3 Å². The third-order valence-corrected chi connectivity index (χ3v) is 5.01. The number of hydrogen-bond acceptors (Lipinski definition) is 5. The number of benzene rings is 1. The molecular formula is C20H32N2O4. The molecule has 1 fully saturated rings. The van der Waals surface area contributed by atoms with Gasteiger partial charge in [-0.2, -0.15) is 0 Å². The molecule has 0 unspecified atom stereocenters. The van der Waals surface area contributed by atoms with E-state index in [1.54, 1.807) is 26.4 Å². The van der Waals surface area contributed by atoms with Gasteiger partial charge in [0.05, 0.1) is 26.9 Å². The molecular weight excluding hydrogens is 332 g/mol. The second kappa shape index (κ2) is 10.3. The van der Waals surface area contributed by atoms with Gasteiger partial charge >= 0.3 is 0 Å². The van der Waals surface area contributed by atoms with Gasteiger partial charge in [0.1, 0.15) is 5.75 Å². The zero-order valence-electron chi connectivity index (χ0n) is 16.5. The molecule has 1 aliphatic rings. The summed E-state index contributed by atoms with van der Waals surface area (Å²) < 4.78 is 15.8. The summed E-state index contributed by atoms with van der Waals surface area (Å²) in [7, 11) is 4.64. The molecule has 1 N–H and O–H groups in total. The van der Waals surface area contributed by atoms with E-state index in [4.69, 9.17) is 14.2 Å². The van der Waals surface area contributed by atoms with Crippen LogP contribution >= 0.6 is 0 Å². The van der Waals surface area contributed by atoms with Crippen LogP contribution < -0.4 is 19.5 Å². The highest BCUT2D eigenvalue weighted by Gasteiger charge is 2.18. The van der Waals surface area contributed by atoms with Gasteiger partial charge in [0.25, 0.3) is 5.91 Å². The lowest BCUT2D eigenvalue weighted by molar-refractivity contribution is 0.0948. The summed E-state index contributed by atoms with van der Waals surface area (Å²) in [5, 5.41) is 2.97. The first kappa shape index (κ1) is 20.4. The number of ether oxygens (including phenoxy) is 3. The molecule has 0 radical (unpaired) electrons. The third-order valence-electron chi connectivity index (χ3n) is 5.01. The van der Waals surface area contributed by atoms with Crippen molar-refractivity contribution in [3.05, 3.63) is 17.7 Å². The molecule has 26 heavy (non-hydrogen) atoms. The fraction of sp³-hybridized carbons (Fsp3) is 0.650. The number of carbonyl (C=O) groups excluding carboxylic acids is 1. The summed E-state index contributed by atoms with van der Waals surface area (Å²) >= 11 is 0. The van der Waals surface area contributed by atoms with Gasteiger partial charge in [0, 0.05) is 18.7 Å². The van der Waals surface area contributed by atoms with Gasteiger partial charge in [-0.25, -0.2) is 0 Å². The van der Waals surface area contributed by atoms with Crippen molar-refractivity contribution in [2.75, 3.05) is 47.5 Å². The summed E-state index contributed by atoms with van der Waals surface area (Å²) in [6.07, 6.45) is 4.66. The summed E-state index contributed by atoms with van der Waals surface area (Å²) in [4.78, 5) is 15.0. The van der Waals surface area contributed by atoms with E-state index in [9.17, 15) is 4.79 Å². The quantitative estimate of drug-likeness (QED) is 0.683. The Balaban J connectivity index is 1.80. The topological polar surface area (TPSA) is 60.0 Å². The molecule has 1 aromatic carbocycles. The standard InChI is InChI=1S/C20H32N2O4/c1-15-7-11-22(12-8-15)10-6-5-9-21-20(23)16-13-18(25-3)19(26-4)14-17(16)24-2/h13-15H,5-12H2,1-4H3,(H,21,23). The Hall–Kier alpha value is -1.95. The van der Waals surface area contributed by atoms with E-state index in [1.807, 2.05) is 0 Å². The number of methoxy groups -OCH3 is 3. The Morgan fingerprint density at radius 3 is 2.27 bits per heavy atom. The Bertz CT molecular complexity index is 583. The van der Waals surface area contributed by atoms with Gasteiger partial charge in [-0.1, -0.05) is 6.92 Å². The molecule has 146 valence electrons. The number of piperidine rings is 1. The minimum absolute atomic E-state index is 0.158. The van der Waals surface area contributed by atoms with Crippen LogP contribution in [-0.4, -0.2) is 58.3 Å². The van der Waals surface area contributed by atoms with Crippen LogP contribution in [0.4, 0.5) is 0 Å². The molecule has 0 spiro atoms. The smallest absolute Gasteiger partial charge is 0.255 e. The third kappa shape index (κ3) is 5.53. The van der Waals surface area contributed by atoms with Crippen LogP contribution in [0.3, 0.4) is 0 Å². The van der Waals surface area contributed by atoms with E-state index in [1.165, 1.54) is 33.0 Å². The van der Waals surface area contributed by atoms with Gasteiger partial charge in [-0.05, 0) is 51.2 Å². The van der Waals surface area contributed by atoms with Crippen LogP contribution in [0, 0.1) is 5.92 Å². The number of nitrogens with zero attached hydrogens (tertiary/aromatic N) is 1. The largest absolute Gasteiger partial charge is 0.496 e. The maximum Gasteiger partial charge on any atom is 0.255 e. The summed E-state index contributed by atoms with van der Waals surface area (Å²) in [6, 6.07) is 3.33. The molecule has 0 saturated carbocycles. The van der Waals surface area contributed by atoms with Crippen LogP contribution in [0.15, 0.2) is 12.1 Å². The average molecular weight is 364 g/mol. The van der Waals surface area contributed by atoms with E-state index in [0.29, 0.717) is 29.4 Å². The van der Waals surface area contributed by atoms with Crippen molar-refractivity contribution < 1.29 is 19.0 Å². The fourth-order valence-corrected chi connectivity index (χ4v) is 3.25. The number of rotatable bonds is 9. The predicted molar refractivity (Wildman–Crippen MR) is 103 cm³/mol. The van der Waals surface area contributed by atoms with Crippen molar-refractivity contribution in [3.8, 4) is 17.2 Å². The second-order valence-electron chi connectivity index (χ2n) is 6.89. The van der Waals surface area contributed by atoms with E-state index in [2.05, 4.69) is 17.1 Å². The zero-order valence-corrected chi connectivity index (χ0v) is 16.5. The molecule has 0 aliphatic carbocycles. The van der Waals surface area contributed by atoms with Crippen molar-refractivity contribution in [1.29, 1.82) is 0 Å².